The molecule has 0 aromatic heterocycles. The largest absolute Gasteiger partial charge is 0.508 e. The van der Waals surface area contributed by atoms with Crippen LogP contribution in [0.15, 0.2) is 18.2 Å². The summed E-state index contributed by atoms with van der Waals surface area (Å²) in [4.78, 5) is 13.9. The highest BCUT2D eigenvalue weighted by Crippen LogP contribution is 2.19. The van der Waals surface area contributed by atoms with Crippen molar-refractivity contribution < 1.29 is 19.7 Å². The lowest BCUT2D eigenvalue weighted by atomic mass is 10.1. The Balaban J connectivity index is 2.21. The van der Waals surface area contributed by atoms with E-state index in [4.69, 9.17) is 4.74 Å². The molecule has 98 valence electrons. The molecule has 1 unspecified atom stereocenters. The van der Waals surface area contributed by atoms with E-state index in [0.717, 1.165) is 0 Å². The summed E-state index contributed by atoms with van der Waals surface area (Å²) in [6, 6.07) is 4.47. The lowest BCUT2D eigenvalue weighted by Crippen LogP contribution is -2.50. The quantitative estimate of drug-likeness (QED) is 0.804. The molecule has 1 heterocycles. The molecule has 5 nitrogen and oxygen atoms in total. The topological polar surface area (TPSA) is 70.0 Å². The number of carbonyl (C=O) groups excluding carboxylic acids is 1. The molecule has 1 aromatic rings. The van der Waals surface area contributed by atoms with E-state index in [1.165, 1.54) is 6.07 Å². The van der Waals surface area contributed by atoms with Gasteiger partial charge >= 0.3 is 0 Å². The van der Waals surface area contributed by atoms with E-state index >= 15 is 0 Å². The maximum Gasteiger partial charge on any atom is 0.254 e. The van der Waals surface area contributed by atoms with Crippen LogP contribution in [-0.4, -0.2) is 53.4 Å². The molecule has 2 rings (SSSR count). The SMILES string of the molecule is Cc1cc(C(=O)N2CCOCC2CO)ccc1O. The maximum atomic E-state index is 12.3. The zero-order chi connectivity index (χ0) is 13.1. The lowest BCUT2D eigenvalue weighted by molar-refractivity contribution is -0.0184. The molecule has 0 aliphatic carbocycles. The van der Waals surface area contributed by atoms with Crippen molar-refractivity contribution in [1.82, 2.24) is 4.90 Å². The highest BCUT2D eigenvalue weighted by Gasteiger charge is 2.27. The Hall–Kier alpha value is -1.59. The molecule has 5 heteroatoms. The summed E-state index contributed by atoms with van der Waals surface area (Å²) in [6.07, 6.45) is 0. The van der Waals surface area contributed by atoms with Gasteiger partial charge in [0.05, 0.1) is 25.9 Å². The molecule has 0 saturated carbocycles. The Bertz CT molecular complexity index is 447. The fraction of sp³-hybridized carbons (Fsp3) is 0.462. The number of carbonyl (C=O) groups is 1. The maximum absolute atomic E-state index is 12.3. The normalized spacial score (nSPS) is 19.9. The number of ether oxygens (including phenoxy) is 1. The third-order valence-electron chi connectivity index (χ3n) is 3.14. The molecule has 1 aliphatic heterocycles. The fourth-order valence-electron chi connectivity index (χ4n) is 2.03. The van der Waals surface area contributed by atoms with Crippen molar-refractivity contribution in [2.45, 2.75) is 13.0 Å². The van der Waals surface area contributed by atoms with Crippen LogP contribution in [-0.2, 0) is 4.74 Å². The molecule has 0 radical (unpaired) electrons. The van der Waals surface area contributed by atoms with Gasteiger partial charge in [-0.25, -0.2) is 0 Å². The van der Waals surface area contributed by atoms with Crippen LogP contribution < -0.4 is 0 Å². The van der Waals surface area contributed by atoms with E-state index in [-0.39, 0.29) is 24.3 Å². The fourth-order valence-corrected chi connectivity index (χ4v) is 2.03. The standard InChI is InChI=1S/C13H17NO4/c1-9-6-10(2-3-12(9)16)13(17)14-4-5-18-8-11(14)7-15/h2-3,6,11,15-16H,4-5,7-8H2,1H3. The van der Waals surface area contributed by atoms with Gasteiger partial charge in [-0.1, -0.05) is 0 Å². The molecule has 1 saturated heterocycles. The van der Waals surface area contributed by atoms with Crippen molar-refractivity contribution in [2.24, 2.45) is 0 Å². The van der Waals surface area contributed by atoms with E-state index in [2.05, 4.69) is 0 Å². The van der Waals surface area contributed by atoms with Crippen molar-refractivity contribution in [3.8, 4) is 5.75 Å². The molecule has 0 bridgehead atoms. The van der Waals surface area contributed by atoms with Gasteiger partial charge in [0.2, 0.25) is 0 Å². The highest BCUT2D eigenvalue weighted by molar-refractivity contribution is 5.95. The second kappa shape index (κ2) is 5.37. The van der Waals surface area contributed by atoms with Gasteiger partial charge in [-0.15, -0.1) is 0 Å². The molecule has 0 spiro atoms. The van der Waals surface area contributed by atoms with Crippen molar-refractivity contribution in [1.29, 1.82) is 0 Å². The Kier molecular flexibility index (Phi) is 3.84. The smallest absolute Gasteiger partial charge is 0.254 e. The van der Waals surface area contributed by atoms with Gasteiger partial charge in [-0.2, -0.15) is 0 Å². The van der Waals surface area contributed by atoms with Gasteiger partial charge in [0.15, 0.2) is 0 Å². The highest BCUT2D eigenvalue weighted by atomic mass is 16.5. The minimum absolute atomic E-state index is 0.108. The van der Waals surface area contributed by atoms with E-state index in [1.54, 1.807) is 24.0 Å². The predicted molar refractivity (Wildman–Crippen MR) is 65.6 cm³/mol. The number of rotatable bonds is 2. The zero-order valence-corrected chi connectivity index (χ0v) is 10.3. The van der Waals surface area contributed by atoms with Crippen LogP contribution in [0.1, 0.15) is 15.9 Å². The first-order valence-electron chi connectivity index (χ1n) is 5.92. The molecular weight excluding hydrogens is 234 g/mol. The minimum atomic E-state index is -0.291. The second-order valence-electron chi connectivity index (χ2n) is 4.41. The average Bonchev–Trinajstić information content (AvgIpc) is 2.41. The summed E-state index contributed by atoms with van der Waals surface area (Å²) in [5.41, 5.74) is 1.18. The Morgan fingerprint density at radius 2 is 2.33 bits per heavy atom. The Labute approximate surface area is 106 Å². The number of benzene rings is 1. The number of phenols is 1. The number of amides is 1. The van der Waals surface area contributed by atoms with E-state index in [0.29, 0.717) is 30.9 Å². The average molecular weight is 251 g/mol. The lowest BCUT2D eigenvalue weighted by Gasteiger charge is -2.34. The number of aromatic hydroxyl groups is 1. The molecule has 1 amide bonds. The summed E-state index contributed by atoms with van der Waals surface area (Å²) in [6.45, 7) is 2.96. The van der Waals surface area contributed by atoms with Crippen molar-refractivity contribution in [2.75, 3.05) is 26.4 Å². The monoisotopic (exact) mass is 251 g/mol. The first kappa shape index (κ1) is 12.9. The zero-order valence-electron chi connectivity index (χ0n) is 10.3. The molecular formula is C13H17NO4. The molecule has 1 fully saturated rings. The van der Waals surface area contributed by atoms with Crippen LogP contribution in [0.5, 0.6) is 5.75 Å². The molecule has 18 heavy (non-hydrogen) atoms. The van der Waals surface area contributed by atoms with Crippen LogP contribution in [0.3, 0.4) is 0 Å². The summed E-state index contributed by atoms with van der Waals surface area (Å²) < 4.78 is 5.24. The summed E-state index contributed by atoms with van der Waals surface area (Å²) in [5.74, 6) is 0.0349. The van der Waals surface area contributed by atoms with Crippen LogP contribution in [0.25, 0.3) is 0 Å². The van der Waals surface area contributed by atoms with Crippen molar-refractivity contribution in [3.63, 3.8) is 0 Å². The van der Waals surface area contributed by atoms with Crippen LogP contribution >= 0.6 is 0 Å². The number of nitrogens with zero attached hydrogens (tertiary/aromatic N) is 1. The van der Waals surface area contributed by atoms with Gasteiger partial charge < -0.3 is 19.8 Å². The third kappa shape index (κ3) is 2.47. The minimum Gasteiger partial charge on any atom is -0.508 e. The molecule has 1 atom stereocenters. The van der Waals surface area contributed by atoms with E-state index in [9.17, 15) is 15.0 Å². The number of morpholine rings is 1. The Morgan fingerprint density at radius 1 is 1.56 bits per heavy atom. The van der Waals surface area contributed by atoms with E-state index < -0.39 is 0 Å². The number of aliphatic hydroxyl groups excluding tert-OH is 1. The summed E-state index contributed by atoms with van der Waals surface area (Å²) >= 11 is 0. The number of phenolic OH excluding ortho intramolecular Hbond substituents is 1. The van der Waals surface area contributed by atoms with Crippen LogP contribution in [0.2, 0.25) is 0 Å². The molecule has 2 N–H and O–H groups in total. The van der Waals surface area contributed by atoms with Crippen molar-refractivity contribution in [3.05, 3.63) is 29.3 Å². The van der Waals surface area contributed by atoms with E-state index in [1.807, 2.05) is 0 Å². The number of hydrogen-bond acceptors (Lipinski definition) is 4. The van der Waals surface area contributed by atoms with Gasteiger partial charge in [0.1, 0.15) is 5.75 Å². The predicted octanol–water partition coefficient (Wildman–Crippen LogP) is 0.534. The first-order chi connectivity index (χ1) is 8.63. The Morgan fingerprint density at radius 3 is 3.00 bits per heavy atom. The second-order valence-corrected chi connectivity index (χ2v) is 4.41. The van der Waals surface area contributed by atoms with Gasteiger partial charge in [0, 0.05) is 12.1 Å². The third-order valence-corrected chi connectivity index (χ3v) is 3.14. The van der Waals surface area contributed by atoms with Crippen molar-refractivity contribution >= 4 is 5.91 Å². The van der Waals surface area contributed by atoms with Gasteiger partial charge in [-0.05, 0) is 30.7 Å². The number of aryl methyl sites for hydroxylation is 1. The summed E-state index contributed by atoms with van der Waals surface area (Å²) in [7, 11) is 0. The first-order valence-corrected chi connectivity index (χ1v) is 5.92. The van der Waals surface area contributed by atoms with Crippen LogP contribution in [0, 0.1) is 6.92 Å². The van der Waals surface area contributed by atoms with Gasteiger partial charge in [0.25, 0.3) is 5.91 Å². The molecule has 1 aromatic carbocycles. The molecule has 1 aliphatic rings. The number of aliphatic hydroxyl groups is 1. The number of hydrogen-bond donors (Lipinski definition) is 2. The van der Waals surface area contributed by atoms with Gasteiger partial charge in [-0.3, -0.25) is 4.79 Å². The van der Waals surface area contributed by atoms with Crippen LogP contribution in [0.4, 0.5) is 0 Å². The summed E-state index contributed by atoms with van der Waals surface area (Å²) in [5, 5.41) is 18.7.